The third-order valence-electron chi connectivity index (χ3n) is 4.67. The molecule has 0 saturated heterocycles. The Morgan fingerprint density at radius 3 is 2.48 bits per heavy atom. The minimum atomic E-state index is -1.18. The van der Waals surface area contributed by atoms with Crippen molar-refractivity contribution in [1.82, 2.24) is 9.97 Å². The van der Waals surface area contributed by atoms with Crippen molar-refractivity contribution in [3.8, 4) is 0 Å². The van der Waals surface area contributed by atoms with Crippen LogP contribution in [0.25, 0.3) is 0 Å². The van der Waals surface area contributed by atoms with E-state index in [-0.39, 0.29) is 17.1 Å². The smallest absolute Gasteiger partial charge is 0.338 e. The minimum absolute atomic E-state index is 0.0470. The Hall–Kier alpha value is -4.01. The Morgan fingerprint density at radius 1 is 1.10 bits per heavy atom. The van der Waals surface area contributed by atoms with E-state index in [0.29, 0.717) is 11.3 Å². The van der Waals surface area contributed by atoms with E-state index < -0.39 is 29.9 Å². The molecular formula is C20H16FN5O3. The molecule has 0 bridgehead atoms. The van der Waals surface area contributed by atoms with E-state index in [1.165, 1.54) is 35.5 Å². The van der Waals surface area contributed by atoms with Crippen molar-refractivity contribution in [2.24, 2.45) is 5.73 Å². The van der Waals surface area contributed by atoms with Crippen LogP contribution in [0.5, 0.6) is 0 Å². The number of rotatable bonds is 5. The number of nitrogens with two attached hydrogens (primary N) is 1. The number of carbonyl (C=O) groups is 2. The van der Waals surface area contributed by atoms with E-state index in [4.69, 9.17) is 5.73 Å². The number of halogens is 1. The van der Waals surface area contributed by atoms with Crippen LogP contribution in [0.15, 0.2) is 60.9 Å². The SMILES string of the molecule is NC(=O)C(c1ccccn1)N1c2c(C(=O)O)ccnc2NC1c1ccc(F)cc1. The van der Waals surface area contributed by atoms with E-state index in [2.05, 4.69) is 15.3 Å². The van der Waals surface area contributed by atoms with Gasteiger partial charge in [-0.15, -0.1) is 0 Å². The first-order chi connectivity index (χ1) is 14.0. The van der Waals surface area contributed by atoms with Crippen molar-refractivity contribution in [2.45, 2.75) is 12.2 Å². The molecule has 0 aliphatic carbocycles. The summed E-state index contributed by atoms with van der Waals surface area (Å²) >= 11 is 0. The highest BCUT2D eigenvalue weighted by atomic mass is 19.1. The number of anilines is 2. The molecule has 9 heteroatoms. The molecule has 1 amide bonds. The summed E-state index contributed by atoms with van der Waals surface area (Å²) < 4.78 is 13.4. The minimum Gasteiger partial charge on any atom is -0.478 e. The Morgan fingerprint density at radius 2 is 1.86 bits per heavy atom. The topological polar surface area (TPSA) is 121 Å². The number of benzene rings is 1. The number of hydrogen-bond acceptors (Lipinski definition) is 6. The zero-order valence-corrected chi connectivity index (χ0v) is 15.0. The lowest BCUT2D eigenvalue weighted by Crippen LogP contribution is -2.40. The number of aromatic nitrogens is 2. The monoisotopic (exact) mass is 393 g/mol. The maximum atomic E-state index is 13.4. The molecule has 1 aliphatic heterocycles. The molecule has 146 valence electrons. The molecule has 2 aromatic heterocycles. The lowest BCUT2D eigenvalue weighted by Gasteiger charge is -2.33. The van der Waals surface area contributed by atoms with Gasteiger partial charge in [0, 0.05) is 12.4 Å². The number of nitrogens with zero attached hydrogens (tertiary/aromatic N) is 3. The summed E-state index contributed by atoms with van der Waals surface area (Å²) in [7, 11) is 0. The molecule has 0 saturated carbocycles. The van der Waals surface area contributed by atoms with Crippen molar-refractivity contribution in [1.29, 1.82) is 0 Å². The van der Waals surface area contributed by atoms with Crippen LogP contribution in [0, 0.1) is 5.82 Å². The van der Waals surface area contributed by atoms with Gasteiger partial charge in [0.1, 0.15) is 12.0 Å². The third kappa shape index (κ3) is 3.22. The molecule has 2 atom stereocenters. The zero-order chi connectivity index (χ0) is 20.5. The molecule has 0 fully saturated rings. The van der Waals surface area contributed by atoms with Gasteiger partial charge in [-0.25, -0.2) is 14.2 Å². The number of fused-ring (bicyclic) bond motifs is 1. The Labute approximate surface area is 164 Å². The molecule has 1 aliphatic rings. The molecule has 3 aromatic rings. The molecule has 2 unspecified atom stereocenters. The van der Waals surface area contributed by atoms with Gasteiger partial charge in [-0.1, -0.05) is 18.2 Å². The van der Waals surface area contributed by atoms with Crippen LogP contribution in [-0.2, 0) is 4.79 Å². The highest BCUT2D eigenvalue weighted by molar-refractivity contribution is 6.00. The van der Waals surface area contributed by atoms with Crippen molar-refractivity contribution < 1.29 is 19.1 Å². The second-order valence-electron chi connectivity index (χ2n) is 6.43. The number of hydrogen-bond donors (Lipinski definition) is 3. The van der Waals surface area contributed by atoms with Crippen molar-refractivity contribution in [2.75, 3.05) is 10.2 Å². The lowest BCUT2D eigenvalue weighted by molar-refractivity contribution is -0.119. The summed E-state index contributed by atoms with van der Waals surface area (Å²) in [5.41, 5.74) is 6.83. The molecule has 1 aromatic carbocycles. The van der Waals surface area contributed by atoms with Crippen molar-refractivity contribution in [3.63, 3.8) is 0 Å². The highest BCUT2D eigenvalue weighted by Crippen LogP contribution is 2.46. The molecule has 29 heavy (non-hydrogen) atoms. The number of aromatic carboxylic acids is 1. The fourth-order valence-corrected chi connectivity index (χ4v) is 3.45. The van der Waals surface area contributed by atoms with Crippen LogP contribution in [0.4, 0.5) is 15.9 Å². The number of nitrogens with one attached hydrogen (secondary N) is 1. The van der Waals surface area contributed by atoms with E-state index in [0.717, 1.165) is 0 Å². The normalized spacial score (nSPS) is 16.0. The van der Waals surface area contributed by atoms with Gasteiger partial charge in [-0.05, 0) is 35.9 Å². The highest BCUT2D eigenvalue weighted by Gasteiger charge is 2.42. The molecule has 0 radical (unpaired) electrons. The van der Waals surface area contributed by atoms with Crippen molar-refractivity contribution in [3.05, 3.63) is 83.6 Å². The van der Waals surface area contributed by atoms with E-state index >= 15 is 0 Å². The maximum absolute atomic E-state index is 13.4. The summed E-state index contributed by atoms with van der Waals surface area (Å²) in [5.74, 6) is -2.04. The summed E-state index contributed by atoms with van der Waals surface area (Å²) in [6, 6.07) is 10.9. The van der Waals surface area contributed by atoms with Crippen molar-refractivity contribution >= 4 is 23.4 Å². The molecule has 4 rings (SSSR count). The zero-order valence-electron chi connectivity index (χ0n) is 15.0. The average molecular weight is 393 g/mol. The first kappa shape index (κ1) is 18.4. The molecule has 8 nitrogen and oxygen atoms in total. The molecule has 3 heterocycles. The maximum Gasteiger partial charge on any atom is 0.338 e. The van der Waals surface area contributed by atoms with E-state index in [1.807, 2.05) is 0 Å². The quantitative estimate of drug-likeness (QED) is 0.609. The molecular weight excluding hydrogens is 377 g/mol. The predicted octanol–water partition coefficient (Wildman–Crippen LogP) is 2.47. The van der Waals surface area contributed by atoms with Crippen LogP contribution in [-0.4, -0.2) is 27.0 Å². The Balaban J connectivity index is 1.93. The van der Waals surface area contributed by atoms with Gasteiger partial charge in [-0.3, -0.25) is 9.78 Å². The van der Waals surface area contributed by atoms with Gasteiger partial charge >= 0.3 is 5.97 Å². The molecule has 0 spiro atoms. The van der Waals surface area contributed by atoms with Gasteiger partial charge in [0.25, 0.3) is 0 Å². The Kier molecular flexibility index (Phi) is 4.55. The second-order valence-corrected chi connectivity index (χ2v) is 6.43. The summed E-state index contributed by atoms with van der Waals surface area (Å²) in [5, 5.41) is 12.8. The van der Waals surface area contributed by atoms with Crippen LogP contribution >= 0.6 is 0 Å². The first-order valence-corrected chi connectivity index (χ1v) is 8.70. The fourth-order valence-electron chi connectivity index (χ4n) is 3.45. The number of amides is 1. The van der Waals surface area contributed by atoms with Crippen LogP contribution in [0.1, 0.15) is 33.8 Å². The van der Waals surface area contributed by atoms with Crippen LogP contribution < -0.4 is 16.0 Å². The molecule has 4 N–H and O–H groups in total. The lowest BCUT2D eigenvalue weighted by atomic mass is 10.0. The largest absolute Gasteiger partial charge is 0.478 e. The second kappa shape index (κ2) is 7.19. The van der Waals surface area contributed by atoms with Gasteiger partial charge in [0.15, 0.2) is 11.9 Å². The Bertz CT molecular complexity index is 1080. The predicted molar refractivity (Wildman–Crippen MR) is 103 cm³/mol. The average Bonchev–Trinajstić information content (AvgIpc) is 3.08. The number of primary amides is 1. The number of carboxylic acid groups (broad SMARTS) is 1. The van der Waals surface area contributed by atoms with Crippen LogP contribution in [0.3, 0.4) is 0 Å². The number of carboxylic acids is 1. The van der Waals surface area contributed by atoms with Gasteiger partial charge in [0.2, 0.25) is 5.91 Å². The van der Waals surface area contributed by atoms with Crippen LogP contribution in [0.2, 0.25) is 0 Å². The third-order valence-corrected chi connectivity index (χ3v) is 4.67. The number of pyridine rings is 2. The number of carbonyl (C=O) groups excluding carboxylic acids is 1. The van der Waals surface area contributed by atoms with Gasteiger partial charge in [-0.2, -0.15) is 0 Å². The standard InChI is InChI=1S/C20H16FN5O3/c21-12-6-4-11(5-7-12)19-25-18-15(13(20(28)29)8-10-24-18)26(19)16(17(22)27)14-3-1-2-9-23-14/h1-10,16,19H,(H2,22,27)(H,24,25)(H,28,29). The summed E-state index contributed by atoms with van der Waals surface area (Å²) in [6.45, 7) is 0. The van der Waals surface area contributed by atoms with E-state index in [1.54, 1.807) is 30.3 Å². The van der Waals surface area contributed by atoms with Gasteiger partial charge < -0.3 is 21.1 Å². The summed E-state index contributed by atoms with van der Waals surface area (Å²) in [4.78, 5) is 34.3. The summed E-state index contributed by atoms with van der Waals surface area (Å²) in [6.07, 6.45) is 2.17. The van der Waals surface area contributed by atoms with E-state index in [9.17, 15) is 19.1 Å². The first-order valence-electron chi connectivity index (χ1n) is 8.70. The fraction of sp³-hybridized carbons (Fsp3) is 0.100. The van der Waals surface area contributed by atoms with Gasteiger partial charge in [0.05, 0.1) is 16.9 Å².